The van der Waals surface area contributed by atoms with E-state index in [-0.39, 0.29) is 0 Å². The highest BCUT2D eigenvalue weighted by molar-refractivity contribution is 5.93. The number of hydrogen-bond acceptors (Lipinski definition) is 5. The minimum Gasteiger partial charge on any atom is -0.470 e. The van der Waals surface area contributed by atoms with Crippen LogP contribution >= 0.6 is 0 Å². The van der Waals surface area contributed by atoms with Gasteiger partial charge in [-0.15, -0.1) is 0 Å². The van der Waals surface area contributed by atoms with Crippen molar-refractivity contribution in [3.63, 3.8) is 0 Å². The Labute approximate surface area is 100 Å². The molecule has 0 radical (unpaired) electrons. The van der Waals surface area contributed by atoms with Crippen molar-refractivity contribution in [2.24, 2.45) is 10.9 Å². The first kappa shape index (κ1) is 10.5. The maximum atomic E-state index is 5.79. The van der Waals surface area contributed by atoms with Crippen molar-refractivity contribution < 1.29 is 4.74 Å². The zero-order valence-electron chi connectivity index (χ0n) is 9.72. The lowest BCUT2D eigenvalue weighted by Crippen LogP contribution is -2.26. The van der Waals surface area contributed by atoms with Gasteiger partial charge in [-0.3, -0.25) is 0 Å². The molecule has 3 rings (SSSR count). The molecule has 2 heterocycles. The van der Waals surface area contributed by atoms with Crippen LogP contribution in [-0.2, 0) is 0 Å². The predicted octanol–water partition coefficient (Wildman–Crippen LogP) is 2.10. The van der Waals surface area contributed by atoms with Gasteiger partial charge in [-0.25, -0.2) is 9.98 Å². The van der Waals surface area contributed by atoms with Crippen LogP contribution in [0.5, 0.6) is 5.88 Å². The van der Waals surface area contributed by atoms with Crippen LogP contribution < -0.4 is 10.5 Å². The Morgan fingerprint density at radius 2 is 2.00 bits per heavy atom. The molecule has 1 saturated carbocycles. The number of aromatic nitrogens is 2. The van der Waals surface area contributed by atoms with Crippen molar-refractivity contribution >= 4 is 17.2 Å². The lowest BCUT2D eigenvalue weighted by Gasteiger charge is -2.26. The Kier molecular flexibility index (Phi) is 2.66. The van der Waals surface area contributed by atoms with Crippen LogP contribution in [0.2, 0.25) is 0 Å². The number of rotatable bonds is 1. The Morgan fingerprint density at radius 3 is 2.82 bits per heavy atom. The summed E-state index contributed by atoms with van der Waals surface area (Å²) in [4.78, 5) is 12.6. The van der Waals surface area contributed by atoms with Crippen molar-refractivity contribution in [2.75, 3.05) is 12.3 Å². The third-order valence-electron chi connectivity index (χ3n) is 3.51. The highest BCUT2D eigenvalue weighted by atomic mass is 16.5. The number of ether oxygens (including phenoxy) is 1. The Hall–Kier alpha value is -1.65. The zero-order valence-corrected chi connectivity index (χ0v) is 9.72. The van der Waals surface area contributed by atoms with E-state index in [1.165, 1.54) is 38.4 Å². The second-order valence-corrected chi connectivity index (χ2v) is 4.64. The fourth-order valence-electron chi connectivity index (χ4n) is 2.55. The van der Waals surface area contributed by atoms with Gasteiger partial charge in [0.25, 0.3) is 0 Å². The molecule has 1 fully saturated rings. The molecule has 90 valence electrons. The molecule has 1 aromatic heterocycles. The van der Waals surface area contributed by atoms with E-state index in [2.05, 4.69) is 15.0 Å². The summed E-state index contributed by atoms with van der Waals surface area (Å²) in [6, 6.07) is 0. The number of anilines is 1. The third kappa shape index (κ3) is 1.97. The average molecular weight is 232 g/mol. The Bertz CT molecular complexity index is 452. The lowest BCUT2D eigenvalue weighted by molar-refractivity contribution is 0.337. The maximum Gasteiger partial charge on any atom is 0.245 e. The second kappa shape index (κ2) is 4.31. The number of nitrogens with two attached hydrogens (primary N) is 1. The normalized spacial score (nSPS) is 20.4. The van der Waals surface area contributed by atoms with Gasteiger partial charge >= 0.3 is 0 Å². The van der Waals surface area contributed by atoms with Gasteiger partial charge in [-0.05, 0) is 12.8 Å². The molecular formula is C12H16N4O. The summed E-state index contributed by atoms with van der Waals surface area (Å²) in [6.45, 7) is 0.550. The minimum absolute atomic E-state index is 0.406. The third-order valence-corrected chi connectivity index (χ3v) is 3.51. The number of hydrogen-bond donors (Lipinski definition) is 1. The van der Waals surface area contributed by atoms with Gasteiger partial charge in [0.15, 0.2) is 11.5 Å². The first-order chi connectivity index (χ1) is 8.34. The first-order valence-corrected chi connectivity index (χ1v) is 6.15. The molecule has 2 aliphatic rings. The number of fused-ring (bicyclic) bond motifs is 1. The Balaban J connectivity index is 1.90. The molecule has 2 N–H and O–H groups in total. The summed E-state index contributed by atoms with van der Waals surface area (Å²) in [5.41, 5.74) is 7.52. The second-order valence-electron chi connectivity index (χ2n) is 4.64. The van der Waals surface area contributed by atoms with Crippen molar-refractivity contribution in [2.45, 2.75) is 32.1 Å². The van der Waals surface area contributed by atoms with Gasteiger partial charge < -0.3 is 10.5 Å². The molecule has 0 saturated heterocycles. The van der Waals surface area contributed by atoms with E-state index in [0.29, 0.717) is 29.9 Å². The molecule has 5 nitrogen and oxygen atoms in total. The predicted molar refractivity (Wildman–Crippen MR) is 65.6 cm³/mol. The van der Waals surface area contributed by atoms with Crippen LogP contribution in [0.25, 0.3) is 0 Å². The van der Waals surface area contributed by atoms with Crippen molar-refractivity contribution in [3.05, 3.63) is 6.33 Å². The lowest BCUT2D eigenvalue weighted by atomic mass is 9.86. The first-order valence-electron chi connectivity index (χ1n) is 6.15. The molecule has 0 bridgehead atoms. The summed E-state index contributed by atoms with van der Waals surface area (Å²) >= 11 is 0. The zero-order chi connectivity index (χ0) is 11.7. The SMILES string of the molecule is Nc1ncnc2c1N=C(C1CCCCC1)CO2. The Morgan fingerprint density at radius 1 is 1.18 bits per heavy atom. The van der Waals surface area contributed by atoms with E-state index in [1.807, 2.05) is 0 Å². The smallest absolute Gasteiger partial charge is 0.245 e. The van der Waals surface area contributed by atoms with Gasteiger partial charge in [0.2, 0.25) is 5.88 Å². The average Bonchev–Trinajstić information content (AvgIpc) is 2.40. The molecule has 0 aromatic carbocycles. The molecule has 17 heavy (non-hydrogen) atoms. The molecule has 1 aliphatic heterocycles. The van der Waals surface area contributed by atoms with E-state index in [0.717, 1.165) is 5.71 Å². The molecule has 1 aromatic rings. The van der Waals surface area contributed by atoms with E-state index < -0.39 is 0 Å². The highest BCUT2D eigenvalue weighted by Crippen LogP contribution is 2.35. The summed E-state index contributed by atoms with van der Waals surface area (Å²) in [6.07, 6.45) is 7.76. The number of nitrogens with zero attached hydrogens (tertiary/aromatic N) is 3. The molecule has 5 heteroatoms. The van der Waals surface area contributed by atoms with E-state index in [9.17, 15) is 0 Å². The van der Waals surface area contributed by atoms with Gasteiger partial charge in [0.1, 0.15) is 12.9 Å². The molecule has 0 spiro atoms. The van der Waals surface area contributed by atoms with Crippen LogP contribution in [0.3, 0.4) is 0 Å². The minimum atomic E-state index is 0.406. The molecule has 0 atom stereocenters. The van der Waals surface area contributed by atoms with Crippen LogP contribution in [0.1, 0.15) is 32.1 Å². The van der Waals surface area contributed by atoms with E-state index >= 15 is 0 Å². The number of aliphatic imine (C=N–C) groups is 1. The standard InChI is InChI=1S/C12H16N4O/c13-11-10-12(15-7-14-11)17-6-9(16-10)8-4-2-1-3-5-8/h7-8H,1-6H2,(H2,13,14,15). The maximum absolute atomic E-state index is 5.79. The number of nitrogen functional groups attached to an aromatic ring is 1. The van der Waals surface area contributed by atoms with Crippen LogP contribution in [-0.4, -0.2) is 22.3 Å². The quantitative estimate of drug-likeness (QED) is 0.804. The van der Waals surface area contributed by atoms with Gasteiger partial charge in [-0.1, -0.05) is 19.3 Å². The molecule has 0 unspecified atom stereocenters. The van der Waals surface area contributed by atoms with Crippen LogP contribution in [0.4, 0.5) is 11.5 Å². The van der Waals surface area contributed by atoms with Gasteiger partial charge in [0, 0.05) is 5.92 Å². The van der Waals surface area contributed by atoms with E-state index in [4.69, 9.17) is 10.5 Å². The van der Waals surface area contributed by atoms with Crippen molar-refractivity contribution in [3.8, 4) is 5.88 Å². The van der Waals surface area contributed by atoms with Crippen molar-refractivity contribution in [1.29, 1.82) is 0 Å². The fraction of sp³-hybridized carbons (Fsp3) is 0.583. The van der Waals surface area contributed by atoms with E-state index in [1.54, 1.807) is 0 Å². The van der Waals surface area contributed by atoms with Gasteiger partial charge in [-0.2, -0.15) is 4.98 Å². The fourth-order valence-corrected chi connectivity index (χ4v) is 2.55. The largest absolute Gasteiger partial charge is 0.470 e. The molecule has 1 aliphatic carbocycles. The summed E-state index contributed by atoms with van der Waals surface area (Å²) in [5.74, 6) is 1.47. The van der Waals surface area contributed by atoms with Gasteiger partial charge in [0.05, 0.1) is 5.71 Å². The summed E-state index contributed by atoms with van der Waals surface area (Å²) in [5, 5.41) is 0. The molecular weight excluding hydrogens is 216 g/mol. The monoisotopic (exact) mass is 232 g/mol. The van der Waals surface area contributed by atoms with Crippen LogP contribution in [0.15, 0.2) is 11.3 Å². The summed E-state index contributed by atoms with van der Waals surface area (Å²) < 4.78 is 5.61. The van der Waals surface area contributed by atoms with Crippen LogP contribution in [0, 0.1) is 5.92 Å². The highest BCUT2D eigenvalue weighted by Gasteiger charge is 2.24. The molecule has 0 amide bonds. The van der Waals surface area contributed by atoms with Crippen molar-refractivity contribution in [1.82, 2.24) is 9.97 Å². The topological polar surface area (TPSA) is 73.4 Å². The summed E-state index contributed by atoms with van der Waals surface area (Å²) in [7, 11) is 0.